The maximum atomic E-state index is 13.1. The Hall–Kier alpha value is -1.95. The van der Waals surface area contributed by atoms with E-state index in [1.54, 1.807) is 6.20 Å². The van der Waals surface area contributed by atoms with E-state index in [1.165, 1.54) is 36.3 Å². The SMILES string of the molecule is O=C(O)c1cc(Sc2cnccn2)ccc1F. The minimum atomic E-state index is -1.29. The van der Waals surface area contributed by atoms with Crippen LogP contribution < -0.4 is 0 Å². The smallest absolute Gasteiger partial charge is 0.338 e. The van der Waals surface area contributed by atoms with Crippen molar-refractivity contribution in [2.24, 2.45) is 0 Å². The number of carboxylic acids is 1. The van der Waals surface area contributed by atoms with Crippen molar-refractivity contribution in [3.63, 3.8) is 0 Å². The number of carboxylic acid groups (broad SMARTS) is 1. The summed E-state index contributed by atoms with van der Waals surface area (Å²) in [5.74, 6) is -2.04. The monoisotopic (exact) mass is 250 g/mol. The average Bonchev–Trinajstić information content (AvgIpc) is 2.32. The Labute approximate surface area is 101 Å². The van der Waals surface area contributed by atoms with E-state index in [-0.39, 0.29) is 5.56 Å². The molecule has 0 amide bonds. The maximum absolute atomic E-state index is 13.1. The fourth-order valence-corrected chi connectivity index (χ4v) is 1.97. The third kappa shape index (κ3) is 2.79. The molecular weight excluding hydrogens is 243 g/mol. The highest BCUT2D eigenvalue weighted by atomic mass is 32.2. The minimum Gasteiger partial charge on any atom is -0.478 e. The lowest BCUT2D eigenvalue weighted by Crippen LogP contribution is -2.00. The van der Waals surface area contributed by atoms with Crippen LogP contribution in [0.1, 0.15) is 10.4 Å². The normalized spacial score (nSPS) is 10.2. The first-order valence-corrected chi connectivity index (χ1v) is 5.45. The van der Waals surface area contributed by atoms with Crippen LogP contribution in [0.2, 0.25) is 0 Å². The summed E-state index contributed by atoms with van der Waals surface area (Å²) in [6, 6.07) is 3.90. The van der Waals surface area contributed by atoms with E-state index in [2.05, 4.69) is 9.97 Å². The number of hydrogen-bond acceptors (Lipinski definition) is 4. The molecule has 0 aliphatic heterocycles. The van der Waals surface area contributed by atoms with Crippen LogP contribution in [0, 0.1) is 5.82 Å². The zero-order chi connectivity index (χ0) is 12.3. The lowest BCUT2D eigenvalue weighted by molar-refractivity contribution is 0.0691. The van der Waals surface area contributed by atoms with E-state index in [1.807, 2.05) is 0 Å². The Morgan fingerprint density at radius 2 is 2.18 bits per heavy atom. The number of hydrogen-bond donors (Lipinski definition) is 1. The van der Waals surface area contributed by atoms with Crippen molar-refractivity contribution >= 4 is 17.7 Å². The Balaban J connectivity index is 2.29. The lowest BCUT2D eigenvalue weighted by atomic mass is 10.2. The van der Waals surface area contributed by atoms with Gasteiger partial charge in [0, 0.05) is 17.3 Å². The third-order valence-electron chi connectivity index (χ3n) is 1.93. The molecule has 1 heterocycles. The number of halogens is 1. The molecule has 0 atom stereocenters. The number of aromatic nitrogens is 2. The Bertz CT molecular complexity index is 548. The quantitative estimate of drug-likeness (QED) is 0.906. The van der Waals surface area contributed by atoms with E-state index in [0.717, 1.165) is 6.07 Å². The Morgan fingerprint density at radius 3 is 2.82 bits per heavy atom. The first-order valence-electron chi connectivity index (χ1n) is 4.63. The molecule has 1 aromatic heterocycles. The van der Waals surface area contributed by atoms with Crippen LogP contribution in [-0.4, -0.2) is 21.0 Å². The van der Waals surface area contributed by atoms with Crippen LogP contribution in [0.15, 0.2) is 46.7 Å². The molecule has 0 saturated carbocycles. The molecule has 6 heteroatoms. The van der Waals surface area contributed by atoms with Crippen LogP contribution in [0.3, 0.4) is 0 Å². The summed E-state index contributed by atoms with van der Waals surface area (Å²) in [7, 11) is 0. The molecule has 0 spiro atoms. The van der Waals surface area contributed by atoms with Gasteiger partial charge in [0.05, 0.1) is 11.8 Å². The molecule has 0 aliphatic rings. The van der Waals surface area contributed by atoms with Gasteiger partial charge in [-0.2, -0.15) is 0 Å². The molecule has 0 aliphatic carbocycles. The van der Waals surface area contributed by atoms with Gasteiger partial charge in [0.2, 0.25) is 0 Å². The topological polar surface area (TPSA) is 63.1 Å². The molecule has 1 N–H and O–H groups in total. The van der Waals surface area contributed by atoms with Gasteiger partial charge in [0.25, 0.3) is 0 Å². The van der Waals surface area contributed by atoms with Crippen molar-refractivity contribution in [3.8, 4) is 0 Å². The predicted octanol–water partition coefficient (Wildman–Crippen LogP) is 2.47. The van der Waals surface area contributed by atoms with E-state index >= 15 is 0 Å². The average molecular weight is 250 g/mol. The summed E-state index contributed by atoms with van der Waals surface area (Å²) in [5, 5.41) is 9.40. The summed E-state index contributed by atoms with van der Waals surface area (Å²) in [6.45, 7) is 0. The standard InChI is InChI=1S/C11H7FN2O2S/c12-9-2-1-7(5-8(9)11(15)16)17-10-6-13-3-4-14-10/h1-6H,(H,15,16). The first-order chi connectivity index (χ1) is 8.16. The largest absolute Gasteiger partial charge is 0.478 e. The zero-order valence-corrected chi connectivity index (χ0v) is 9.32. The molecule has 0 radical (unpaired) electrons. The maximum Gasteiger partial charge on any atom is 0.338 e. The van der Waals surface area contributed by atoms with Gasteiger partial charge in [-0.15, -0.1) is 0 Å². The summed E-state index contributed by atoms with van der Waals surface area (Å²) in [6.07, 6.45) is 4.62. The van der Waals surface area contributed by atoms with Gasteiger partial charge in [-0.25, -0.2) is 14.2 Å². The third-order valence-corrected chi connectivity index (χ3v) is 2.84. The highest BCUT2D eigenvalue weighted by Gasteiger charge is 2.11. The minimum absolute atomic E-state index is 0.348. The lowest BCUT2D eigenvalue weighted by Gasteiger charge is -2.02. The van der Waals surface area contributed by atoms with Crippen LogP contribution in [-0.2, 0) is 0 Å². The molecule has 2 aromatic rings. The van der Waals surface area contributed by atoms with Crippen LogP contribution >= 0.6 is 11.8 Å². The van der Waals surface area contributed by atoms with Crippen molar-refractivity contribution in [2.45, 2.75) is 9.92 Å². The number of nitrogens with zero attached hydrogens (tertiary/aromatic N) is 2. The number of aromatic carboxylic acids is 1. The van der Waals surface area contributed by atoms with E-state index in [0.29, 0.717) is 9.92 Å². The molecular formula is C11H7FN2O2S. The first kappa shape index (κ1) is 11.5. The van der Waals surface area contributed by atoms with Gasteiger partial charge >= 0.3 is 5.97 Å². The van der Waals surface area contributed by atoms with E-state index in [4.69, 9.17) is 5.11 Å². The molecule has 0 unspecified atom stereocenters. The second-order valence-electron chi connectivity index (χ2n) is 3.09. The van der Waals surface area contributed by atoms with E-state index < -0.39 is 11.8 Å². The molecule has 86 valence electrons. The van der Waals surface area contributed by atoms with Gasteiger partial charge in [0.1, 0.15) is 10.8 Å². The molecule has 1 aromatic carbocycles. The summed E-state index contributed by atoms with van der Waals surface area (Å²) < 4.78 is 13.1. The molecule has 0 saturated heterocycles. The highest BCUT2D eigenvalue weighted by Crippen LogP contribution is 2.26. The number of benzene rings is 1. The Kier molecular flexibility index (Phi) is 3.34. The fraction of sp³-hybridized carbons (Fsp3) is 0. The Morgan fingerprint density at radius 1 is 1.35 bits per heavy atom. The summed E-state index contributed by atoms with van der Waals surface area (Å²) >= 11 is 1.22. The van der Waals surface area contributed by atoms with Crippen molar-refractivity contribution in [1.82, 2.24) is 9.97 Å². The van der Waals surface area contributed by atoms with Gasteiger partial charge < -0.3 is 5.11 Å². The van der Waals surface area contributed by atoms with E-state index in [9.17, 15) is 9.18 Å². The predicted molar refractivity (Wildman–Crippen MR) is 59.5 cm³/mol. The van der Waals surface area contributed by atoms with Crippen LogP contribution in [0.5, 0.6) is 0 Å². The van der Waals surface area contributed by atoms with Crippen molar-refractivity contribution in [3.05, 3.63) is 48.2 Å². The van der Waals surface area contributed by atoms with Crippen molar-refractivity contribution in [1.29, 1.82) is 0 Å². The molecule has 2 rings (SSSR count). The van der Waals surface area contributed by atoms with Crippen LogP contribution in [0.4, 0.5) is 4.39 Å². The fourth-order valence-electron chi connectivity index (χ4n) is 1.19. The van der Waals surface area contributed by atoms with Crippen LogP contribution in [0.25, 0.3) is 0 Å². The summed E-state index contributed by atoms with van der Waals surface area (Å²) in [5.41, 5.74) is -0.348. The second-order valence-corrected chi connectivity index (χ2v) is 4.19. The molecule has 4 nitrogen and oxygen atoms in total. The number of carbonyl (C=O) groups is 1. The van der Waals surface area contributed by atoms with Gasteiger partial charge in [-0.1, -0.05) is 11.8 Å². The molecule has 17 heavy (non-hydrogen) atoms. The summed E-state index contributed by atoms with van der Waals surface area (Å²) in [4.78, 5) is 19.3. The van der Waals surface area contributed by atoms with Crippen molar-refractivity contribution in [2.75, 3.05) is 0 Å². The number of rotatable bonds is 3. The second kappa shape index (κ2) is 4.92. The molecule has 0 fully saturated rings. The van der Waals surface area contributed by atoms with Crippen molar-refractivity contribution < 1.29 is 14.3 Å². The van der Waals surface area contributed by atoms with Gasteiger partial charge in [0.15, 0.2) is 0 Å². The van der Waals surface area contributed by atoms with Gasteiger partial charge in [-0.05, 0) is 18.2 Å². The highest BCUT2D eigenvalue weighted by molar-refractivity contribution is 7.99. The molecule has 0 bridgehead atoms. The zero-order valence-electron chi connectivity index (χ0n) is 8.50. The van der Waals surface area contributed by atoms with Gasteiger partial charge in [-0.3, -0.25) is 4.98 Å².